The molecule has 4 N–H and O–H groups in total. The molecule has 106 valence electrons. The lowest BCUT2D eigenvalue weighted by Gasteiger charge is -2.06. The molecule has 0 spiro atoms. The van der Waals surface area contributed by atoms with Crippen LogP contribution in [0.1, 0.15) is 5.56 Å². The maximum atomic E-state index is 5.41. The van der Waals surface area contributed by atoms with E-state index in [2.05, 4.69) is 58.1 Å². The predicted molar refractivity (Wildman–Crippen MR) is 91.1 cm³/mol. The van der Waals surface area contributed by atoms with Crippen LogP contribution in [0.2, 0.25) is 0 Å². The number of hydrogen-bond donors (Lipinski definition) is 3. The lowest BCUT2D eigenvalue weighted by Crippen LogP contribution is -2.34. The highest BCUT2D eigenvalue weighted by atomic mass is 32.1. The fourth-order valence-electron chi connectivity index (χ4n) is 1.92. The van der Waals surface area contributed by atoms with Crippen molar-refractivity contribution in [1.29, 1.82) is 0 Å². The highest BCUT2D eigenvalue weighted by Gasteiger charge is 2.10. The molecular formula is C14H13N5S2. The number of nitrogens with zero attached hydrogens (tertiary/aromatic N) is 2. The number of aromatic nitrogens is 2. The third kappa shape index (κ3) is 2.93. The number of nitrogens with one attached hydrogen (secondary N) is 2. The molecule has 3 rings (SSSR count). The Morgan fingerprint density at radius 2 is 2.00 bits per heavy atom. The molecule has 5 nitrogen and oxygen atoms in total. The molecule has 0 radical (unpaired) electrons. The molecule has 0 saturated carbocycles. The zero-order valence-electron chi connectivity index (χ0n) is 11.3. The van der Waals surface area contributed by atoms with Crippen molar-refractivity contribution < 1.29 is 0 Å². The summed E-state index contributed by atoms with van der Waals surface area (Å²) in [5.41, 5.74) is 14.3. The van der Waals surface area contributed by atoms with Crippen molar-refractivity contribution >= 4 is 44.7 Å². The van der Waals surface area contributed by atoms with Gasteiger partial charge >= 0.3 is 0 Å². The Morgan fingerprint density at radius 3 is 2.71 bits per heavy atom. The number of hydrogen-bond acceptors (Lipinski definition) is 5. The van der Waals surface area contributed by atoms with Crippen LogP contribution in [-0.2, 0) is 0 Å². The fraction of sp³-hybridized carbons (Fsp3) is 0.0714. The van der Waals surface area contributed by atoms with Crippen molar-refractivity contribution in [1.82, 2.24) is 15.4 Å². The first kappa shape index (κ1) is 13.7. The van der Waals surface area contributed by atoms with Gasteiger partial charge < -0.3 is 5.73 Å². The van der Waals surface area contributed by atoms with Crippen LogP contribution in [0.5, 0.6) is 0 Å². The van der Waals surface area contributed by atoms with Gasteiger partial charge in [-0.2, -0.15) is 0 Å². The van der Waals surface area contributed by atoms with Crippen LogP contribution in [0.3, 0.4) is 0 Å². The summed E-state index contributed by atoms with van der Waals surface area (Å²) < 4.78 is 0.955. The first-order chi connectivity index (χ1) is 10.1. The molecule has 0 unspecified atom stereocenters. The lowest BCUT2D eigenvalue weighted by molar-refractivity contribution is 1.08. The minimum atomic E-state index is 0.164. The average molecular weight is 315 g/mol. The molecule has 2 heterocycles. The molecule has 0 amide bonds. The van der Waals surface area contributed by atoms with Crippen LogP contribution in [-0.4, -0.2) is 15.1 Å². The lowest BCUT2D eigenvalue weighted by atomic mass is 10.1. The largest absolute Gasteiger partial charge is 0.375 e. The van der Waals surface area contributed by atoms with E-state index in [4.69, 9.17) is 18.0 Å². The van der Waals surface area contributed by atoms with Crippen LogP contribution >= 0.6 is 23.6 Å². The van der Waals surface area contributed by atoms with Crippen LogP contribution in [0.25, 0.3) is 20.7 Å². The first-order valence-corrected chi connectivity index (χ1v) is 7.49. The Morgan fingerprint density at radius 1 is 1.24 bits per heavy atom. The predicted octanol–water partition coefficient (Wildman–Crippen LogP) is 2.83. The SMILES string of the molecule is Cc1ccc(-c2cc3ncnc(NNC(N)=S)c3s2)cc1. The van der Waals surface area contributed by atoms with Gasteiger partial charge in [-0.3, -0.25) is 10.9 Å². The van der Waals surface area contributed by atoms with E-state index in [-0.39, 0.29) is 5.11 Å². The maximum Gasteiger partial charge on any atom is 0.182 e. The van der Waals surface area contributed by atoms with Crippen LogP contribution in [0.4, 0.5) is 5.82 Å². The van der Waals surface area contributed by atoms with Gasteiger partial charge in [0.1, 0.15) is 6.33 Å². The Labute approximate surface area is 131 Å². The summed E-state index contributed by atoms with van der Waals surface area (Å²) in [6, 6.07) is 10.5. The highest BCUT2D eigenvalue weighted by molar-refractivity contribution is 7.80. The Balaban J connectivity index is 2.01. The third-order valence-electron chi connectivity index (χ3n) is 2.95. The summed E-state index contributed by atoms with van der Waals surface area (Å²) >= 11 is 6.40. The molecule has 0 aliphatic carbocycles. The van der Waals surface area contributed by atoms with E-state index in [0.717, 1.165) is 20.7 Å². The van der Waals surface area contributed by atoms with Crippen molar-refractivity contribution in [3.05, 3.63) is 42.2 Å². The van der Waals surface area contributed by atoms with Gasteiger partial charge in [0, 0.05) is 4.88 Å². The Bertz CT molecular complexity index is 795. The fourth-order valence-corrected chi connectivity index (χ4v) is 3.04. The molecule has 21 heavy (non-hydrogen) atoms. The van der Waals surface area contributed by atoms with Crippen molar-refractivity contribution in [3.63, 3.8) is 0 Å². The summed E-state index contributed by atoms with van der Waals surface area (Å²) in [6.07, 6.45) is 1.51. The number of rotatable bonds is 3. The van der Waals surface area contributed by atoms with Gasteiger partial charge in [0.05, 0.1) is 10.2 Å². The second kappa shape index (κ2) is 5.63. The number of nitrogens with two attached hydrogens (primary N) is 1. The number of hydrazine groups is 1. The zero-order valence-corrected chi connectivity index (χ0v) is 12.9. The van der Waals surface area contributed by atoms with Gasteiger partial charge in [0.25, 0.3) is 0 Å². The van der Waals surface area contributed by atoms with Crippen LogP contribution in [0, 0.1) is 6.92 Å². The normalized spacial score (nSPS) is 10.5. The summed E-state index contributed by atoms with van der Waals surface area (Å²) in [5.74, 6) is 0.663. The number of thiocarbonyl (C=S) groups is 1. The second-order valence-electron chi connectivity index (χ2n) is 4.53. The van der Waals surface area contributed by atoms with E-state index in [9.17, 15) is 0 Å². The van der Waals surface area contributed by atoms with Gasteiger partial charge in [0.15, 0.2) is 10.9 Å². The van der Waals surface area contributed by atoms with Crippen molar-refractivity contribution in [2.75, 3.05) is 5.43 Å². The van der Waals surface area contributed by atoms with Gasteiger partial charge in [-0.05, 0) is 30.8 Å². The van der Waals surface area contributed by atoms with Crippen molar-refractivity contribution in [2.24, 2.45) is 5.73 Å². The molecule has 0 fully saturated rings. The van der Waals surface area contributed by atoms with Gasteiger partial charge in [-0.15, -0.1) is 11.3 Å². The minimum Gasteiger partial charge on any atom is -0.375 e. The van der Waals surface area contributed by atoms with E-state index >= 15 is 0 Å². The molecule has 0 saturated heterocycles. The molecular weight excluding hydrogens is 302 g/mol. The average Bonchev–Trinajstić information content (AvgIpc) is 2.90. The molecule has 0 aliphatic rings. The third-order valence-corrected chi connectivity index (χ3v) is 4.23. The maximum absolute atomic E-state index is 5.41. The Kier molecular flexibility index (Phi) is 3.68. The smallest absolute Gasteiger partial charge is 0.182 e. The molecule has 7 heteroatoms. The Hall–Kier alpha value is -2.25. The molecule has 2 aromatic heterocycles. The number of benzene rings is 1. The number of fused-ring (bicyclic) bond motifs is 1. The quantitative estimate of drug-likeness (QED) is 0.510. The number of thiophene rings is 1. The standard InChI is InChI=1S/C14H13N5S2/c1-8-2-4-9(5-3-8)11-6-10-12(21-11)13(17-7-16-10)18-19-14(15)20/h2-7H,1H3,(H3,15,19,20)(H,16,17,18). The monoisotopic (exact) mass is 315 g/mol. The molecule has 0 atom stereocenters. The summed E-state index contributed by atoms with van der Waals surface area (Å²) in [5, 5.41) is 0.164. The van der Waals surface area contributed by atoms with E-state index < -0.39 is 0 Å². The highest BCUT2D eigenvalue weighted by Crippen LogP contribution is 2.35. The number of anilines is 1. The van der Waals surface area contributed by atoms with E-state index in [1.54, 1.807) is 11.3 Å². The summed E-state index contributed by atoms with van der Waals surface area (Å²) in [6.45, 7) is 2.07. The summed E-state index contributed by atoms with van der Waals surface area (Å²) in [7, 11) is 0. The van der Waals surface area contributed by atoms with Crippen LogP contribution in [0.15, 0.2) is 36.7 Å². The van der Waals surface area contributed by atoms with E-state index in [0.29, 0.717) is 5.82 Å². The zero-order chi connectivity index (χ0) is 14.8. The number of aryl methyl sites for hydroxylation is 1. The van der Waals surface area contributed by atoms with E-state index in [1.165, 1.54) is 11.9 Å². The molecule has 3 aromatic rings. The van der Waals surface area contributed by atoms with Crippen LogP contribution < -0.4 is 16.6 Å². The summed E-state index contributed by atoms with van der Waals surface area (Å²) in [4.78, 5) is 9.65. The topological polar surface area (TPSA) is 75.9 Å². The molecule has 1 aromatic carbocycles. The first-order valence-electron chi connectivity index (χ1n) is 6.26. The van der Waals surface area contributed by atoms with Gasteiger partial charge in [-0.25, -0.2) is 9.97 Å². The van der Waals surface area contributed by atoms with Gasteiger partial charge in [0.2, 0.25) is 0 Å². The van der Waals surface area contributed by atoms with Crippen molar-refractivity contribution in [2.45, 2.75) is 6.92 Å². The second-order valence-corrected chi connectivity index (χ2v) is 6.02. The van der Waals surface area contributed by atoms with Gasteiger partial charge in [-0.1, -0.05) is 29.8 Å². The van der Waals surface area contributed by atoms with Crippen molar-refractivity contribution in [3.8, 4) is 10.4 Å². The minimum absolute atomic E-state index is 0.164. The van der Waals surface area contributed by atoms with E-state index in [1.807, 2.05) is 0 Å². The molecule has 0 aliphatic heterocycles. The molecule has 0 bridgehead atoms.